The van der Waals surface area contributed by atoms with Gasteiger partial charge in [-0.3, -0.25) is 4.79 Å². The molecule has 2 fully saturated rings. The van der Waals surface area contributed by atoms with Crippen molar-refractivity contribution in [3.63, 3.8) is 0 Å². The third kappa shape index (κ3) is 6.20. The molecule has 27 heavy (non-hydrogen) atoms. The molecule has 0 amide bonds. The van der Waals surface area contributed by atoms with Crippen LogP contribution >= 0.6 is 11.6 Å². The number of rotatable bonds is 12. The average Bonchev–Trinajstić information content (AvgIpc) is 2.84. The molecule has 0 radical (unpaired) electrons. The van der Waals surface area contributed by atoms with Gasteiger partial charge in [0.2, 0.25) is 0 Å². The summed E-state index contributed by atoms with van der Waals surface area (Å²) in [5.74, 6) is -0.398. The maximum Gasteiger partial charge on any atom is 0.303 e. The number of hydrogen-bond acceptors (Lipinski definition) is 3. The summed E-state index contributed by atoms with van der Waals surface area (Å²) in [5.41, 5.74) is 0.114. The normalized spacial score (nSPS) is 31.1. The zero-order valence-corrected chi connectivity index (χ0v) is 17.4. The van der Waals surface area contributed by atoms with Gasteiger partial charge in [0.05, 0.1) is 12.2 Å². The number of aliphatic hydroxyl groups is 2. The molecule has 2 rings (SSSR count). The van der Waals surface area contributed by atoms with E-state index in [-0.39, 0.29) is 35.2 Å². The van der Waals surface area contributed by atoms with Gasteiger partial charge in [-0.25, -0.2) is 0 Å². The van der Waals surface area contributed by atoms with Crippen molar-refractivity contribution in [1.29, 1.82) is 0 Å². The number of carboxylic acid groups (broad SMARTS) is 1. The Labute approximate surface area is 169 Å². The standard InChI is InChI=1S/C22H37ClO4/c1-2-22(13-8-14-22)20(25)11-7-10-17-16(18(23)15-19(17)24)9-5-3-4-6-12-21(26)27/h7,10,16-20,24-25H,2-6,8-9,11-15H2,1H3,(H,26,27)/b10-7+/t16-,17-,18-,19-,20?/m1/s1. The van der Waals surface area contributed by atoms with E-state index in [0.717, 1.165) is 51.4 Å². The van der Waals surface area contributed by atoms with E-state index < -0.39 is 12.1 Å². The van der Waals surface area contributed by atoms with Crippen molar-refractivity contribution >= 4 is 17.6 Å². The number of carboxylic acids is 1. The fourth-order valence-electron chi connectivity index (χ4n) is 4.91. The van der Waals surface area contributed by atoms with Gasteiger partial charge in [-0.05, 0) is 56.3 Å². The van der Waals surface area contributed by atoms with Crippen molar-refractivity contribution in [3.05, 3.63) is 12.2 Å². The highest BCUT2D eigenvalue weighted by Crippen LogP contribution is 2.48. The van der Waals surface area contributed by atoms with Crippen molar-refractivity contribution in [2.24, 2.45) is 17.3 Å². The molecule has 5 heteroatoms. The van der Waals surface area contributed by atoms with Crippen LogP contribution in [0.15, 0.2) is 12.2 Å². The minimum atomic E-state index is -0.728. The van der Waals surface area contributed by atoms with Crippen LogP contribution in [0.25, 0.3) is 0 Å². The third-order valence-corrected chi connectivity index (χ3v) is 7.53. The largest absolute Gasteiger partial charge is 0.481 e. The van der Waals surface area contributed by atoms with E-state index in [4.69, 9.17) is 16.7 Å². The van der Waals surface area contributed by atoms with Gasteiger partial charge in [0.1, 0.15) is 0 Å². The molecule has 0 aromatic rings. The van der Waals surface area contributed by atoms with Gasteiger partial charge < -0.3 is 15.3 Å². The number of hydrogen-bond donors (Lipinski definition) is 3. The van der Waals surface area contributed by atoms with E-state index in [9.17, 15) is 15.0 Å². The molecule has 5 atom stereocenters. The lowest BCUT2D eigenvalue weighted by atomic mass is 9.63. The second-order valence-electron chi connectivity index (χ2n) is 8.66. The number of halogens is 1. The number of alkyl halides is 1. The first-order chi connectivity index (χ1) is 12.9. The molecule has 0 spiro atoms. The summed E-state index contributed by atoms with van der Waals surface area (Å²) < 4.78 is 0. The minimum Gasteiger partial charge on any atom is -0.481 e. The number of carbonyl (C=O) groups is 1. The second-order valence-corrected chi connectivity index (χ2v) is 9.22. The predicted molar refractivity (Wildman–Crippen MR) is 109 cm³/mol. The molecular formula is C22H37ClO4. The Hall–Kier alpha value is -0.580. The monoisotopic (exact) mass is 400 g/mol. The molecule has 1 unspecified atom stereocenters. The van der Waals surface area contributed by atoms with E-state index >= 15 is 0 Å². The van der Waals surface area contributed by atoms with Gasteiger partial charge in [0, 0.05) is 17.7 Å². The Balaban J connectivity index is 1.77. The number of aliphatic carboxylic acids is 1. The summed E-state index contributed by atoms with van der Waals surface area (Å²) in [5, 5.41) is 29.6. The Bertz CT molecular complexity index is 483. The highest BCUT2D eigenvalue weighted by molar-refractivity contribution is 6.21. The van der Waals surface area contributed by atoms with Crippen LogP contribution in [0, 0.1) is 17.3 Å². The first-order valence-corrected chi connectivity index (χ1v) is 11.2. The Morgan fingerprint density at radius 3 is 2.56 bits per heavy atom. The molecule has 0 aliphatic heterocycles. The fourth-order valence-corrected chi connectivity index (χ4v) is 5.39. The lowest BCUT2D eigenvalue weighted by Crippen LogP contribution is -2.40. The third-order valence-electron chi connectivity index (χ3n) is 7.03. The van der Waals surface area contributed by atoms with Crippen molar-refractivity contribution in [3.8, 4) is 0 Å². The van der Waals surface area contributed by atoms with Crippen molar-refractivity contribution in [2.45, 2.75) is 102 Å². The molecule has 0 bridgehead atoms. The number of aliphatic hydroxyl groups excluding tert-OH is 2. The van der Waals surface area contributed by atoms with Crippen LogP contribution in [-0.2, 0) is 4.79 Å². The lowest BCUT2D eigenvalue weighted by Gasteiger charge is -2.45. The molecule has 0 heterocycles. The molecular weight excluding hydrogens is 364 g/mol. The fraction of sp³-hybridized carbons (Fsp3) is 0.864. The van der Waals surface area contributed by atoms with Gasteiger partial charge >= 0.3 is 5.97 Å². The Morgan fingerprint density at radius 2 is 1.96 bits per heavy atom. The smallest absolute Gasteiger partial charge is 0.303 e. The van der Waals surface area contributed by atoms with Crippen molar-refractivity contribution in [2.75, 3.05) is 0 Å². The van der Waals surface area contributed by atoms with Crippen LogP contribution in [0.3, 0.4) is 0 Å². The first kappa shape index (κ1) is 22.7. The molecule has 3 N–H and O–H groups in total. The molecule has 4 nitrogen and oxygen atoms in total. The van der Waals surface area contributed by atoms with Crippen LogP contribution in [0.1, 0.15) is 84.0 Å². The molecule has 156 valence electrons. The summed E-state index contributed by atoms with van der Waals surface area (Å²) >= 11 is 6.50. The SMILES string of the molecule is CCC1(C(O)C/C=C/[C@@H]2[C@@H](CCCCCCC(=O)O)[C@H](Cl)C[C@H]2O)CCC1. The van der Waals surface area contributed by atoms with Crippen LogP contribution < -0.4 is 0 Å². The molecule has 0 aromatic heterocycles. The number of unbranched alkanes of at least 4 members (excludes halogenated alkanes) is 3. The van der Waals surface area contributed by atoms with E-state index in [1.165, 1.54) is 6.42 Å². The van der Waals surface area contributed by atoms with Gasteiger partial charge in [0.25, 0.3) is 0 Å². The zero-order chi connectivity index (χ0) is 19.9. The van der Waals surface area contributed by atoms with Crippen molar-refractivity contribution < 1.29 is 20.1 Å². The molecule has 0 aromatic carbocycles. The van der Waals surface area contributed by atoms with E-state index in [0.29, 0.717) is 12.8 Å². The van der Waals surface area contributed by atoms with Crippen molar-refractivity contribution in [1.82, 2.24) is 0 Å². The van der Waals surface area contributed by atoms with E-state index in [1.807, 2.05) is 0 Å². The Kier molecular flexibility index (Phi) is 9.10. The summed E-state index contributed by atoms with van der Waals surface area (Å²) in [6.07, 6.45) is 14.1. The minimum absolute atomic E-state index is 0.00721. The van der Waals surface area contributed by atoms with Crippen LogP contribution in [0.2, 0.25) is 0 Å². The van der Waals surface area contributed by atoms with Gasteiger partial charge in [0.15, 0.2) is 0 Å². The summed E-state index contributed by atoms with van der Waals surface area (Å²) in [4.78, 5) is 10.5. The maximum absolute atomic E-state index is 10.6. The highest BCUT2D eigenvalue weighted by Gasteiger charge is 2.42. The lowest BCUT2D eigenvalue weighted by molar-refractivity contribution is -0.137. The molecule has 2 aliphatic rings. The molecule has 2 aliphatic carbocycles. The second kappa shape index (κ2) is 10.8. The maximum atomic E-state index is 10.6. The average molecular weight is 401 g/mol. The molecule has 0 saturated heterocycles. The predicted octanol–water partition coefficient (Wildman–Crippen LogP) is 4.90. The summed E-state index contributed by atoms with van der Waals surface area (Å²) in [6.45, 7) is 2.16. The quantitative estimate of drug-likeness (QED) is 0.247. The van der Waals surface area contributed by atoms with Gasteiger partial charge in [-0.1, -0.05) is 44.8 Å². The van der Waals surface area contributed by atoms with Crippen LogP contribution in [0.4, 0.5) is 0 Å². The van der Waals surface area contributed by atoms with Crippen LogP contribution in [0.5, 0.6) is 0 Å². The van der Waals surface area contributed by atoms with E-state index in [2.05, 4.69) is 19.1 Å². The highest BCUT2D eigenvalue weighted by atomic mass is 35.5. The zero-order valence-electron chi connectivity index (χ0n) is 16.7. The van der Waals surface area contributed by atoms with Gasteiger partial charge in [-0.15, -0.1) is 11.6 Å². The molecule has 2 saturated carbocycles. The van der Waals surface area contributed by atoms with Crippen LogP contribution in [-0.4, -0.2) is 38.9 Å². The van der Waals surface area contributed by atoms with E-state index in [1.54, 1.807) is 0 Å². The Morgan fingerprint density at radius 1 is 1.26 bits per heavy atom. The summed E-state index contributed by atoms with van der Waals surface area (Å²) in [6, 6.07) is 0. The van der Waals surface area contributed by atoms with Gasteiger partial charge in [-0.2, -0.15) is 0 Å². The summed E-state index contributed by atoms with van der Waals surface area (Å²) in [7, 11) is 0. The topological polar surface area (TPSA) is 77.8 Å². The first-order valence-electron chi connectivity index (χ1n) is 10.8.